The number of rotatable bonds is 4. The van der Waals surface area contributed by atoms with Crippen molar-refractivity contribution in [3.05, 3.63) is 24.0 Å². The second kappa shape index (κ2) is 5.73. The normalized spacial score (nSPS) is 32.0. The topological polar surface area (TPSA) is 49.2 Å². The highest BCUT2D eigenvalue weighted by Crippen LogP contribution is 2.60. The lowest BCUT2D eigenvalue weighted by molar-refractivity contribution is -0.0107. The average molecular weight is 353 g/mol. The third kappa shape index (κ3) is 2.29. The van der Waals surface area contributed by atoms with Gasteiger partial charge in [-0.05, 0) is 68.4 Å². The molecule has 6 rings (SSSR count). The van der Waals surface area contributed by atoms with Gasteiger partial charge in [-0.3, -0.25) is 0 Å². The Hall–Kier alpha value is -2.04. The fraction of sp³-hybridized carbons (Fsp3) is 0.619. The Balaban J connectivity index is 1.56. The van der Waals surface area contributed by atoms with Crippen molar-refractivity contribution in [2.45, 2.75) is 43.9 Å². The highest BCUT2D eigenvalue weighted by Gasteiger charge is 2.53. The van der Waals surface area contributed by atoms with Crippen molar-refractivity contribution in [3.63, 3.8) is 0 Å². The minimum atomic E-state index is 0.244. The van der Waals surface area contributed by atoms with Crippen LogP contribution in [0.25, 0.3) is 11.4 Å². The molecule has 2 aromatic rings. The van der Waals surface area contributed by atoms with E-state index in [1.54, 1.807) is 14.2 Å². The van der Waals surface area contributed by atoms with Gasteiger partial charge in [0.05, 0.1) is 19.8 Å². The Kier molecular flexibility index (Phi) is 3.56. The van der Waals surface area contributed by atoms with Crippen LogP contribution in [-0.2, 0) is 12.5 Å². The molecule has 0 saturated heterocycles. The van der Waals surface area contributed by atoms with Crippen LogP contribution in [0.15, 0.2) is 18.2 Å². The third-order valence-electron chi connectivity index (χ3n) is 7.04. The van der Waals surface area contributed by atoms with Gasteiger partial charge in [0.15, 0.2) is 5.82 Å². The van der Waals surface area contributed by atoms with E-state index in [9.17, 15) is 0 Å². The summed E-state index contributed by atoms with van der Waals surface area (Å²) in [6, 6.07) is 5.89. The van der Waals surface area contributed by atoms with Crippen molar-refractivity contribution in [1.29, 1.82) is 0 Å². The van der Waals surface area contributed by atoms with Gasteiger partial charge in [-0.2, -0.15) is 0 Å². The molecule has 1 aromatic heterocycles. The Morgan fingerprint density at radius 2 is 1.62 bits per heavy atom. The highest BCUT2D eigenvalue weighted by atomic mass is 16.5. The van der Waals surface area contributed by atoms with E-state index in [0.717, 1.165) is 40.6 Å². The molecule has 1 heterocycles. The number of nitrogens with zero attached hydrogens (tertiary/aromatic N) is 3. The van der Waals surface area contributed by atoms with Crippen LogP contribution in [0.3, 0.4) is 0 Å². The van der Waals surface area contributed by atoms with Gasteiger partial charge < -0.3 is 14.0 Å². The van der Waals surface area contributed by atoms with Gasteiger partial charge in [-0.25, -0.2) is 0 Å². The second-order valence-corrected chi connectivity index (χ2v) is 8.67. The minimum Gasteiger partial charge on any atom is -0.497 e. The lowest BCUT2D eigenvalue weighted by Gasteiger charge is -2.56. The van der Waals surface area contributed by atoms with Crippen molar-refractivity contribution in [2.75, 3.05) is 14.2 Å². The molecule has 0 spiro atoms. The Morgan fingerprint density at radius 1 is 0.962 bits per heavy atom. The molecule has 4 bridgehead atoms. The van der Waals surface area contributed by atoms with Gasteiger partial charge in [0, 0.05) is 18.5 Å². The molecule has 4 aliphatic rings. The van der Waals surface area contributed by atoms with E-state index in [1.807, 2.05) is 18.2 Å². The van der Waals surface area contributed by atoms with E-state index in [0.29, 0.717) is 0 Å². The summed E-state index contributed by atoms with van der Waals surface area (Å²) in [7, 11) is 5.48. The second-order valence-electron chi connectivity index (χ2n) is 8.67. The van der Waals surface area contributed by atoms with Crippen LogP contribution in [0.2, 0.25) is 0 Å². The van der Waals surface area contributed by atoms with Gasteiger partial charge in [0.1, 0.15) is 17.3 Å². The van der Waals surface area contributed by atoms with E-state index in [-0.39, 0.29) is 5.41 Å². The van der Waals surface area contributed by atoms with Gasteiger partial charge in [-0.15, -0.1) is 10.2 Å². The predicted molar refractivity (Wildman–Crippen MR) is 99.4 cm³/mol. The minimum absolute atomic E-state index is 0.244. The summed E-state index contributed by atoms with van der Waals surface area (Å²) in [5.74, 6) is 6.33. The molecule has 0 N–H and O–H groups in total. The zero-order chi connectivity index (χ0) is 17.9. The molecule has 4 fully saturated rings. The van der Waals surface area contributed by atoms with Gasteiger partial charge in [-0.1, -0.05) is 0 Å². The van der Waals surface area contributed by atoms with Crippen molar-refractivity contribution in [3.8, 4) is 22.9 Å². The lowest BCUT2D eigenvalue weighted by atomic mass is 9.49. The summed E-state index contributed by atoms with van der Waals surface area (Å²) in [5, 5.41) is 9.33. The maximum atomic E-state index is 5.59. The standard InChI is InChI=1S/C21H27N3O2/c1-24-19(17-5-4-16(25-2)9-18(17)26-3)22-23-20(24)21-10-13-6-14(11-21)8-15(7-13)12-21/h4-5,9,13-15H,6-8,10-12H2,1-3H3. The molecule has 0 radical (unpaired) electrons. The molecule has 5 heteroatoms. The smallest absolute Gasteiger partial charge is 0.167 e. The summed E-state index contributed by atoms with van der Waals surface area (Å²) >= 11 is 0. The number of aromatic nitrogens is 3. The Bertz CT molecular complexity index is 806. The SMILES string of the molecule is COc1ccc(-c2nnc(C34CC5CC(CC(C5)C3)C4)n2C)c(OC)c1. The maximum Gasteiger partial charge on any atom is 0.167 e. The molecule has 5 nitrogen and oxygen atoms in total. The van der Waals surface area contributed by atoms with E-state index in [1.165, 1.54) is 44.3 Å². The van der Waals surface area contributed by atoms with Gasteiger partial charge in [0.25, 0.3) is 0 Å². The lowest BCUT2D eigenvalue weighted by Crippen LogP contribution is -2.49. The fourth-order valence-electron chi connectivity index (χ4n) is 6.39. The number of methoxy groups -OCH3 is 2. The van der Waals surface area contributed by atoms with Gasteiger partial charge in [0.2, 0.25) is 0 Å². The van der Waals surface area contributed by atoms with E-state index < -0.39 is 0 Å². The first-order valence-electron chi connectivity index (χ1n) is 9.74. The van der Waals surface area contributed by atoms with Crippen LogP contribution in [-0.4, -0.2) is 29.0 Å². The Labute approximate surface area is 154 Å². The Morgan fingerprint density at radius 3 is 2.19 bits per heavy atom. The molecule has 1 aromatic carbocycles. The van der Waals surface area contributed by atoms with Crippen LogP contribution in [0.1, 0.15) is 44.3 Å². The van der Waals surface area contributed by atoms with Crippen LogP contribution >= 0.6 is 0 Å². The first-order valence-corrected chi connectivity index (χ1v) is 9.74. The summed E-state index contributed by atoms with van der Waals surface area (Å²) in [5.41, 5.74) is 1.22. The first-order chi connectivity index (χ1) is 12.6. The number of hydrogen-bond donors (Lipinski definition) is 0. The zero-order valence-corrected chi connectivity index (χ0v) is 15.9. The number of benzene rings is 1. The first kappa shape index (κ1) is 16.2. The number of hydrogen-bond acceptors (Lipinski definition) is 4. The molecule has 0 unspecified atom stereocenters. The van der Waals surface area contributed by atoms with E-state index in [2.05, 4.69) is 16.7 Å². The maximum absolute atomic E-state index is 5.59. The molecule has 26 heavy (non-hydrogen) atoms. The summed E-state index contributed by atoms with van der Waals surface area (Å²) < 4.78 is 13.1. The monoisotopic (exact) mass is 353 g/mol. The summed E-state index contributed by atoms with van der Waals surface area (Å²) in [6.07, 6.45) is 8.21. The summed E-state index contributed by atoms with van der Waals surface area (Å²) in [6.45, 7) is 0. The quantitative estimate of drug-likeness (QED) is 0.834. The van der Waals surface area contributed by atoms with Crippen LogP contribution < -0.4 is 9.47 Å². The molecule has 0 aliphatic heterocycles. The molecular weight excluding hydrogens is 326 g/mol. The van der Waals surface area contributed by atoms with Crippen molar-refractivity contribution >= 4 is 0 Å². The molecule has 138 valence electrons. The molecule has 0 atom stereocenters. The highest BCUT2D eigenvalue weighted by molar-refractivity contribution is 5.66. The molecule has 0 amide bonds. The van der Waals surface area contributed by atoms with Crippen molar-refractivity contribution < 1.29 is 9.47 Å². The molecular formula is C21H27N3O2. The van der Waals surface area contributed by atoms with Crippen LogP contribution in [0, 0.1) is 17.8 Å². The van der Waals surface area contributed by atoms with Crippen molar-refractivity contribution in [2.24, 2.45) is 24.8 Å². The molecule has 4 aliphatic carbocycles. The predicted octanol–water partition coefficient (Wildman–Crippen LogP) is 3.97. The molecule has 4 saturated carbocycles. The van der Waals surface area contributed by atoms with Crippen LogP contribution in [0.5, 0.6) is 11.5 Å². The average Bonchev–Trinajstić information content (AvgIpc) is 3.02. The third-order valence-corrected chi connectivity index (χ3v) is 7.04. The van der Waals surface area contributed by atoms with Crippen molar-refractivity contribution in [1.82, 2.24) is 14.8 Å². The zero-order valence-electron chi connectivity index (χ0n) is 15.9. The van der Waals surface area contributed by atoms with E-state index >= 15 is 0 Å². The largest absolute Gasteiger partial charge is 0.497 e. The number of ether oxygens (including phenoxy) is 2. The fourth-order valence-corrected chi connectivity index (χ4v) is 6.39. The van der Waals surface area contributed by atoms with Crippen LogP contribution in [0.4, 0.5) is 0 Å². The van der Waals surface area contributed by atoms with Gasteiger partial charge >= 0.3 is 0 Å². The summed E-state index contributed by atoms with van der Waals surface area (Å²) in [4.78, 5) is 0. The van der Waals surface area contributed by atoms with E-state index in [4.69, 9.17) is 14.6 Å².